The van der Waals surface area contributed by atoms with Crippen molar-refractivity contribution in [2.75, 3.05) is 32.7 Å². The van der Waals surface area contributed by atoms with Crippen LogP contribution < -0.4 is 0 Å². The Morgan fingerprint density at radius 3 is 2.40 bits per heavy atom. The van der Waals surface area contributed by atoms with Gasteiger partial charge in [0.25, 0.3) is 0 Å². The summed E-state index contributed by atoms with van der Waals surface area (Å²) in [6.45, 7) is 8.94. The summed E-state index contributed by atoms with van der Waals surface area (Å²) in [5, 5.41) is 0. The first-order chi connectivity index (χ1) is 7.40. The van der Waals surface area contributed by atoms with Crippen molar-refractivity contribution in [3.05, 3.63) is 0 Å². The fourth-order valence-electron chi connectivity index (χ4n) is 3.10. The Hall–Kier alpha value is -0.0800. The average Bonchev–Trinajstić information content (AvgIpc) is 2.55. The van der Waals surface area contributed by atoms with E-state index in [-0.39, 0.29) is 0 Å². The van der Waals surface area contributed by atoms with Crippen molar-refractivity contribution >= 4 is 0 Å². The minimum atomic E-state index is 0.904. The van der Waals surface area contributed by atoms with Crippen molar-refractivity contribution in [2.24, 2.45) is 0 Å². The van der Waals surface area contributed by atoms with E-state index < -0.39 is 0 Å². The molecule has 0 saturated carbocycles. The van der Waals surface area contributed by atoms with Crippen LogP contribution in [-0.2, 0) is 0 Å². The second-order valence-electron chi connectivity index (χ2n) is 5.12. The molecule has 2 rings (SSSR count). The van der Waals surface area contributed by atoms with Crippen LogP contribution in [0, 0.1) is 0 Å². The molecule has 88 valence electrons. The van der Waals surface area contributed by atoms with Gasteiger partial charge in [0.2, 0.25) is 0 Å². The molecule has 2 heteroatoms. The zero-order valence-corrected chi connectivity index (χ0v) is 10.2. The molecule has 0 bridgehead atoms. The Kier molecular flexibility index (Phi) is 4.45. The van der Waals surface area contributed by atoms with Crippen LogP contribution in [0.4, 0.5) is 0 Å². The van der Waals surface area contributed by atoms with Crippen LogP contribution in [0.25, 0.3) is 0 Å². The second-order valence-corrected chi connectivity index (χ2v) is 5.12. The largest absolute Gasteiger partial charge is 0.304 e. The molecule has 0 aliphatic carbocycles. The molecule has 0 radical (unpaired) electrons. The van der Waals surface area contributed by atoms with Gasteiger partial charge < -0.3 is 9.80 Å². The van der Waals surface area contributed by atoms with Crippen LogP contribution in [0.5, 0.6) is 0 Å². The molecule has 0 aromatic carbocycles. The predicted octanol–water partition coefficient (Wildman–Crippen LogP) is 2.35. The van der Waals surface area contributed by atoms with Gasteiger partial charge in [-0.15, -0.1) is 0 Å². The predicted molar refractivity (Wildman–Crippen MR) is 65.2 cm³/mol. The SMILES string of the molecule is CCN1CCCC(N2CCCCC2)CC1. The van der Waals surface area contributed by atoms with Crippen molar-refractivity contribution in [1.29, 1.82) is 0 Å². The topological polar surface area (TPSA) is 6.48 Å². The summed E-state index contributed by atoms with van der Waals surface area (Å²) < 4.78 is 0. The normalized spacial score (nSPS) is 31.4. The van der Waals surface area contributed by atoms with Gasteiger partial charge in [-0.2, -0.15) is 0 Å². The standard InChI is InChI=1S/C13H26N2/c1-2-14-9-6-7-13(8-12-14)15-10-4-3-5-11-15/h13H,2-12H2,1H3. The van der Waals surface area contributed by atoms with Gasteiger partial charge in [-0.05, 0) is 64.8 Å². The van der Waals surface area contributed by atoms with Crippen LogP contribution in [0.3, 0.4) is 0 Å². The van der Waals surface area contributed by atoms with E-state index in [4.69, 9.17) is 0 Å². The number of likely N-dealkylation sites (tertiary alicyclic amines) is 2. The molecule has 2 fully saturated rings. The average molecular weight is 210 g/mol. The highest BCUT2D eigenvalue weighted by molar-refractivity contribution is 4.79. The van der Waals surface area contributed by atoms with Crippen molar-refractivity contribution in [3.63, 3.8) is 0 Å². The maximum Gasteiger partial charge on any atom is 0.0108 e. The van der Waals surface area contributed by atoms with Crippen molar-refractivity contribution < 1.29 is 0 Å². The fourth-order valence-corrected chi connectivity index (χ4v) is 3.10. The van der Waals surface area contributed by atoms with Crippen LogP contribution in [0.1, 0.15) is 45.4 Å². The highest BCUT2D eigenvalue weighted by Crippen LogP contribution is 2.20. The Morgan fingerprint density at radius 1 is 0.867 bits per heavy atom. The summed E-state index contributed by atoms with van der Waals surface area (Å²) in [4.78, 5) is 5.38. The summed E-state index contributed by atoms with van der Waals surface area (Å²) in [7, 11) is 0. The van der Waals surface area contributed by atoms with E-state index in [1.54, 1.807) is 0 Å². The van der Waals surface area contributed by atoms with E-state index in [0.29, 0.717) is 0 Å². The lowest BCUT2D eigenvalue weighted by molar-refractivity contribution is 0.148. The number of hydrogen-bond acceptors (Lipinski definition) is 2. The zero-order valence-electron chi connectivity index (χ0n) is 10.2. The maximum atomic E-state index is 2.77. The van der Waals surface area contributed by atoms with Crippen molar-refractivity contribution in [3.8, 4) is 0 Å². The quantitative estimate of drug-likeness (QED) is 0.690. The van der Waals surface area contributed by atoms with Gasteiger partial charge in [-0.25, -0.2) is 0 Å². The van der Waals surface area contributed by atoms with Gasteiger partial charge in [0.1, 0.15) is 0 Å². The Balaban J connectivity index is 1.81. The van der Waals surface area contributed by atoms with Gasteiger partial charge in [0, 0.05) is 6.04 Å². The summed E-state index contributed by atoms with van der Waals surface area (Å²) in [6, 6.07) is 0.904. The number of hydrogen-bond donors (Lipinski definition) is 0. The van der Waals surface area contributed by atoms with E-state index >= 15 is 0 Å². The van der Waals surface area contributed by atoms with Crippen LogP contribution >= 0.6 is 0 Å². The van der Waals surface area contributed by atoms with Gasteiger partial charge >= 0.3 is 0 Å². The molecule has 2 saturated heterocycles. The molecule has 1 atom stereocenters. The molecular formula is C13H26N2. The molecule has 0 spiro atoms. The van der Waals surface area contributed by atoms with E-state index in [0.717, 1.165) is 6.04 Å². The van der Waals surface area contributed by atoms with Crippen LogP contribution in [0.15, 0.2) is 0 Å². The third-order valence-electron chi connectivity index (χ3n) is 4.14. The van der Waals surface area contributed by atoms with Crippen molar-refractivity contribution in [1.82, 2.24) is 9.80 Å². The summed E-state index contributed by atoms with van der Waals surface area (Å²) in [5.41, 5.74) is 0. The van der Waals surface area contributed by atoms with E-state index in [9.17, 15) is 0 Å². The van der Waals surface area contributed by atoms with Gasteiger partial charge in [0.05, 0.1) is 0 Å². The lowest BCUT2D eigenvalue weighted by Crippen LogP contribution is -2.39. The van der Waals surface area contributed by atoms with Gasteiger partial charge in [-0.3, -0.25) is 0 Å². The minimum Gasteiger partial charge on any atom is -0.304 e. The molecule has 2 nitrogen and oxygen atoms in total. The molecule has 2 aliphatic heterocycles. The second kappa shape index (κ2) is 5.86. The lowest BCUT2D eigenvalue weighted by atomic mass is 10.0. The highest BCUT2D eigenvalue weighted by Gasteiger charge is 2.22. The molecule has 0 N–H and O–H groups in total. The molecule has 0 amide bonds. The number of nitrogens with zero attached hydrogens (tertiary/aromatic N) is 2. The fraction of sp³-hybridized carbons (Fsp3) is 1.00. The van der Waals surface area contributed by atoms with Gasteiger partial charge in [0.15, 0.2) is 0 Å². The molecular weight excluding hydrogens is 184 g/mol. The third-order valence-corrected chi connectivity index (χ3v) is 4.14. The first-order valence-corrected chi connectivity index (χ1v) is 6.86. The molecule has 2 aliphatic rings. The number of piperidine rings is 1. The molecule has 15 heavy (non-hydrogen) atoms. The number of rotatable bonds is 2. The van der Waals surface area contributed by atoms with E-state index in [2.05, 4.69) is 16.7 Å². The van der Waals surface area contributed by atoms with Crippen molar-refractivity contribution in [2.45, 2.75) is 51.5 Å². The zero-order chi connectivity index (χ0) is 10.5. The Morgan fingerprint density at radius 2 is 1.67 bits per heavy atom. The van der Waals surface area contributed by atoms with Crippen LogP contribution in [0.2, 0.25) is 0 Å². The van der Waals surface area contributed by atoms with E-state index in [1.807, 2.05) is 0 Å². The maximum absolute atomic E-state index is 2.77. The first kappa shape index (κ1) is 11.4. The summed E-state index contributed by atoms with van der Waals surface area (Å²) in [5.74, 6) is 0. The molecule has 1 unspecified atom stereocenters. The Labute approximate surface area is 94.6 Å². The van der Waals surface area contributed by atoms with E-state index in [1.165, 1.54) is 71.2 Å². The molecule has 0 aromatic heterocycles. The van der Waals surface area contributed by atoms with Crippen LogP contribution in [-0.4, -0.2) is 48.6 Å². The molecule has 2 heterocycles. The minimum absolute atomic E-state index is 0.904. The smallest absolute Gasteiger partial charge is 0.0108 e. The Bertz CT molecular complexity index is 175. The third kappa shape index (κ3) is 3.18. The molecule has 0 aromatic rings. The summed E-state index contributed by atoms with van der Waals surface area (Å²) in [6.07, 6.45) is 8.60. The summed E-state index contributed by atoms with van der Waals surface area (Å²) >= 11 is 0. The lowest BCUT2D eigenvalue weighted by Gasteiger charge is -2.34. The first-order valence-electron chi connectivity index (χ1n) is 6.86. The highest BCUT2D eigenvalue weighted by atomic mass is 15.2. The monoisotopic (exact) mass is 210 g/mol. The van der Waals surface area contributed by atoms with Gasteiger partial charge in [-0.1, -0.05) is 13.3 Å².